The third kappa shape index (κ3) is 2.93. The number of benzene rings is 2. The SMILES string of the molecule is O=C(NC(CO)Cc1c[nH]c2ccccc12)c1cc2nc[nH]c2cc1F. The number of imidazole rings is 1. The topological polar surface area (TPSA) is 93.8 Å². The van der Waals surface area contributed by atoms with Crippen LogP contribution in [-0.2, 0) is 6.42 Å². The molecule has 0 fully saturated rings. The standard InChI is InChI=1S/C19H17FN4O2/c20-15-7-18-17(22-10-23-18)6-14(15)19(26)24-12(9-25)5-11-8-21-16-4-2-1-3-13(11)16/h1-4,6-8,10,12,21,25H,5,9H2,(H,22,23)(H,24,26). The predicted octanol–water partition coefficient (Wildman–Crippen LogP) is 2.52. The second-order valence-electron chi connectivity index (χ2n) is 6.17. The molecule has 0 aliphatic rings. The molecule has 0 aliphatic heterocycles. The molecule has 6 nitrogen and oxygen atoms in total. The van der Waals surface area contributed by atoms with Crippen LogP contribution in [0, 0.1) is 5.82 Å². The zero-order valence-corrected chi connectivity index (χ0v) is 13.8. The molecule has 1 unspecified atom stereocenters. The fourth-order valence-electron chi connectivity index (χ4n) is 3.12. The van der Waals surface area contributed by atoms with E-state index in [1.807, 2.05) is 30.5 Å². The molecule has 0 bridgehead atoms. The molecule has 1 atom stereocenters. The summed E-state index contributed by atoms with van der Waals surface area (Å²) in [5.41, 5.74) is 2.90. The Morgan fingerprint density at radius 3 is 2.92 bits per heavy atom. The number of nitrogens with one attached hydrogen (secondary N) is 3. The van der Waals surface area contributed by atoms with Crippen LogP contribution in [-0.4, -0.2) is 38.6 Å². The number of halogens is 1. The van der Waals surface area contributed by atoms with Crippen LogP contribution in [0.3, 0.4) is 0 Å². The van der Waals surface area contributed by atoms with Gasteiger partial charge in [0.25, 0.3) is 5.91 Å². The summed E-state index contributed by atoms with van der Waals surface area (Å²) < 4.78 is 14.2. The van der Waals surface area contributed by atoms with Crippen LogP contribution in [0.25, 0.3) is 21.9 Å². The van der Waals surface area contributed by atoms with Gasteiger partial charge in [-0.3, -0.25) is 4.79 Å². The van der Waals surface area contributed by atoms with Gasteiger partial charge >= 0.3 is 0 Å². The zero-order chi connectivity index (χ0) is 18.1. The van der Waals surface area contributed by atoms with Crippen LogP contribution in [0.2, 0.25) is 0 Å². The summed E-state index contributed by atoms with van der Waals surface area (Å²) in [5.74, 6) is -1.21. The first-order valence-corrected chi connectivity index (χ1v) is 8.25. The number of aliphatic hydroxyl groups excluding tert-OH is 1. The number of aromatic nitrogens is 3. The Labute approximate surface area is 148 Å². The average molecular weight is 352 g/mol. The van der Waals surface area contributed by atoms with Crippen molar-refractivity contribution >= 4 is 27.8 Å². The van der Waals surface area contributed by atoms with E-state index in [0.29, 0.717) is 17.5 Å². The minimum atomic E-state index is -0.636. The first kappa shape index (κ1) is 16.3. The second kappa shape index (κ2) is 6.61. The number of aliphatic hydroxyl groups is 1. The summed E-state index contributed by atoms with van der Waals surface area (Å²) in [6, 6.07) is 9.91. The highest BCUT2D eigenvalue weighted by Crippen LogP contribution is 2.20. The number of para-hydroxylation sites is 1. The van der Waals surface area contributed by atoms with Gasteiger partial charge in [-0.2, -0.15) is 0 Å². The van der Waals surface area contributed by atoms with E-state index in [2.05, 4.69) is 20.3 Å². The molecule has 1 amide bonds. The molecular weight excluding hydrogens is 335 g/mol. The van der Waals surface area contributed by atoms with Crippen molar-refractivity contribution < 1.29 is 14.3 Å². The molecule has 0 spiro atoms. The first-order valence-electron chi connectivity index (χ1n) is 8.25. The lowest BCUT2D eigenvalue weighted by Gasteiger charge is -2.16. The van der Waals surface area contributed by atoms with Gasteiger partial charge in [-0.15, -0.1) is 0 Å². The van der Waals surface area contributed by atoms with Gasteiger partial charge in [0.15, 0.2) is 0 Å². The molecule has 4 aromatic rings. The van der Waals surface area contributed by atoms with Gasteiger partial charge in [-0.25, -0.2) is 9.37 Å². The molecule has 0 saturated heterocycles. The lowest BCUT2D eigenvalue weighted by molar-refractivity contribution is 0.0912. The fraction of sp³-hybridized carbons (Fsp3) is 0.158. The van der Waals surface area contributed by atoms with E-state index in [1.165, 1.54) is 18.5 Å². The summed E-state index contributed by atoms with van der Waals surface area (Å²) in [6.07, 6.45) is 3.73. The second-order valence-corrected chi connectivity index (χ2v) is 6.17. The molecule has 2 heterocycles. The van der Waals surface area contributed by atoms with Crippen molar-refractivity contribution in [3.05, 3.63) is 65.9 Å². The fourth-order valence-corrected chi connectivity index (χ4v) is 3.12. The van der Waals surface area contributed by atoms with Crippen molar-refractivity contribution in [3.8, 4) is 0 Å². The minimum Gasteiger partial charge on any atom is -0.394 e. The summed E-state index contributed by atoms with van der Waals surface area (Å²) in [5, 5.41) is 13.4. The van der Waals surface area contributed by atoms with E-state index in [1.54, 1.807) is 0 Å². The van der Waals surface area contributed by atoms with E-state index < -0.39 is 17.8 Å². The van der Waals surface area contributed by atoms with Gasteiger partial charge in [-0.05, 0) is 24.1 Å². The van der Waals surface area contributed by atoms with Gasteiger partial charge in [0.05, 0.1) is 35.6 Å². The number of H-pyrrole nitrogens is 2. The number of nitrogens with zero attached hydrogens (tertiary/aromatic N) is 1. The highest BCUT2D eigenvalue weighted by molar-refractivity contribution is 5.97. The third-order valence-corrected chi connectivity index (χ3v) is 4.45. The van der Waals surface area contributed by atoms with Crippen LogP contribution in [0.4, 0.5) is 4.39 Å². The maximum Gasteiger partial charge on any atom is 0.254 e. The Hall–Kier alpha value is -3.19. The summed E-state index contributed by atoms with van der Waals surface area (Å²) >= 11 is 0. The smallest absolute Gasteiger partial charge is 0.254 e. The number of fused-ring (bicyclic) bond motifs is 2. The van der Waals surface area contributed by atoms with Crippen LogP contribution in [0.15, 0.2) is 48.9 Å². The molecule has 2 aromatic heterocycles. The monoisotopic (exact) mass is 352 g/mol. The number of carbonyl (C=O) groups is 1. The van der Waals surface area contributed by atoms with Crippen LogP contribution in [0.5, 0.6) is 0 Å². The summed E-state index contributed by atoms with van der Waals surface area (Å²) in [7, 11) is 0. The lowest BCUT2D eigenvalue weighted by atomic mass is 10.0. The minimum absolute atomic E-state index is 0.0954. The molecular formula is C19H17FN4O2. The maximum atomic E-state index is 14.2. The molecule has 4 N–H and O–H groups in total. The normalized spacial score (nSPS) is 12.5. The molecule has 26 heavy (non-hydrogen) atoms. The van der Waals surface area contributed by atoms with Gasteiger partial charge in [0, 0.05) is 23.2 Å². The van der Waals surface area contributed by atoms with Crippen molar-refractivity contribution in [1.29, 1.82) is 0 Å². The molecule has 4 rings (SSSR count). The lowest BCUT2D eigenvalue weighted by Crippen LogP contribution is -2.39. The van der Waals surface area contributed by atoms with Crippen molar-refractivity contribution in [2.75, 3.05) is 6.61 Å². The number of hydrogen-bond donors (Lipinski definition) is 4. The number of amides is 1. The summed E-state index contributed by atoms with van der Waals surface area (Å²) in [6.45, 7) is -0.252. The predicted molar refractivity (Wildman–Crippen MR) is 96.4 cm³/mol. The number of aromatic amines is 2. The maximum absolute atomic E-state index is 14.2. The molecule has 132 valence electrons. The Morgan fingerprint density at radius 2 is 2.08 bits per heavy atom. The molecule has 0 radical (unpaired) electrons. The van der Waals surface area contributed by atoms with Crippen molar-refractivity contribution in [2.24, 2.45) is 0 Å². The highest BCUT2D eigenvalue weighted by atomic mass is 19.1. The van der Waals surface area contributed by atoms with E-state index >= 15 is 0 Å². The number of rotatable bonds is 5. The van der Waals surface area contributed by atoms with Crippen LogP contribution >= 0.6 is 0 Å². The molecule has 0 aliphatic carbocycles. The molecule has 7 heteroatoms. The van der Waals surface area contributed by atoms with E-state index in [0.717, 1.165) is 16.5 Å². The van der Waals surface area contributed by atoms with Crippen LogP contribution in [0.1, 0.15) is 15.9 Å². The van der Waals surface area contributed by atoms with Gasteiger partial charge in [0.1, 0.15) is 5.82 Å². The largest absolute Gasteiger partial charge is 0.394 e. The number of carbonyl (C=O) groups excluding carboxylic acids is 1. The van der Waals surface area contributed by atoms with Crippen molar-refractivity contribution in [2.45, 2.75) is 12.5 Å². The Kier molecular flexibility index (Phi) is 4.14. The van der Waals surface area contributed by atoms with Gasteiger partial charge < -0.3 is 20.4 Å². The van der Waals surface area contributed by atoms with Gasteiger partial charge in [-0.1, -0.05) is 18.2 Å². The van der Waals surface area contributed by atoms with Crippen LogP contribution < -0.4 is 5.32 Å². The third-order valence-electron chi connectivity index (χ3n) is 4.45. The first-order chi connectivity index (χ1) is 12.7. The van der Waals surface area contributed by atoms with E-state index in [9.17, 15) is 14.3 Å². The number of hydrogen-bond acceptors (Lipinski definition) is 3. The van der Waals surface area contributed by atoms with Crippen molar-refractivity contribution in [1.82, 2.24) is 20.3 Å². The molecule has 0 saturated carbocycles. The van der Waals surface area contributed by atoms with E-state index in [-0.39, 0.29) is 12.2 Å². The molecule has 2 aromatic carbocycles. The quantitative estimate of drug-likeness (QED) is 0.445. The summed E-state index contributed by atoms with van der Waals surface area (Å²) in [4.78, 5) is 22.5. The zero-order valence-electron chi connectivity index (χ0n) is 13.8. The van der Waals surface area contributed by atoms with Crippen molar-refractivity contribution in [3.63, 3.8) is 0 Å². The van der Waals surface area contributed by atoms with Gasteiger partial charge in [0.2, 0.25) is 0 Å². The Bertz CT molecular complexity index is 1090. The van der Waals surface area contributed by atoms with E-state index in [4.69, 9.17) is 0 Å². The average Bonchev–Trinajstić information content (AvgIpc) is 3.27. The Morgan fingerprint density at radius 1 is 1.23 bits per heavy atom. The highest BCUT2D eigenvalue weighted by Gasteiger charge is 2.19. The Balaban J connectivity index is 1.55.